The number of rotatable bonds is 13. The van der Waals surface area contributed by atoms with Crippen molar-refractivity contribution in [2.24, 2.45) is 27.8 Å². The van der Waals surface area contributed by atoms with E-state index in [1.165, 1.54) is 44.9 Å². The summed E-state index contributed by atoms with van der Waals surface area (Å²) in [6.07, 6.45) is 14.5. The molecule has 2 saturated carbocycles. The van der Waals surface area contributed by atoms with Crippen LogP contribution in [-0.2, 0) is 17.7 Å². The van der Waals surface area contributed by atoms with E-state index in [0.717, 1.165) is 109 Å². The van der Waals surface area contributed by atoms with Crippen LogP contribution in [0.3, 0.4) is 0 Å². The molecule has 5 N–H and O–H groups in total. The maximum atomic E-state index is 13.2. The van der Waals surface area contributed by atoms with Gasteiger partial charge in [-0.3, -0.25) is 9.48 Å². The lowest BCUT2D eigenvalue weighted by atomic mass is 9.48. The lowest BCUT2D eigenvalue weighted by Gasteiger charge is -2.58. The Bertz CT molecular complexity index is 2340. The number of ether oxygens (including phenoxy) is 1. The zero-order valence-corrected chi connectivity index (χ0v) is 36.0. The van der Waals surface area contributed by atoms with E-state index in [1.54, 1.807) is 11.3 Å². The SMILES string of the molecule is Cc1c(Nc2nc3ccccc3s2)nnc2c1CCCN2c1ccc(-c2cnn(CC34CCCC(C)(CC(C)(CCOCC[N+]5(N)CCCC5)C3)C4)c2C)c(C(N)=O)n1. The van der Waals surface area contributed by atoms with Gasteiger partial charge in [-0.05, 0) is 106 Å². The summed E-state index contributed by atoms with van der Waals surface area (Å²) in [7, 11) is 0. The maximum Gasteiger partial charge on any atom is 0.268 e. The van der Waals surface area contributed by atoms with Crippen molar-refractivity contribution in [3.05, 3.63) is 65.1 Å². The van der Waals surface area contributed by atoms with Crippen molar-refractivity contribution in [2.45, 2.75) is 105 Å². The Morgan fingerprint density at radius 2 is 1.80 bits per heavy atom. The maximum absolute atomic E-state index is 13.2. The molecule has 6 heterocycles. The molecular weight excluding hydrogens is 759 g/mol. The average Bonchev–Trinajstić information content (AvgIpc) is 3.92. The molecule has 1 aromatic carbocycles. The van der Waals surface area contributed by atoms with Gasteiger partial charge < -0.3 is 20.7 Å². The summed E-state index contributed by atoms with van der Waals surface area (Å²) in [5.41, 5.74) is 12.7. The van der Waals surface area contributed by atoms with Crippen LogP contribution in [0.15, 0.2) is 42.6 Å². The number of fused-ring (bicyclic) bond motifs is 4. The van der Waals surface area contributed by atoms with Gasteiger partial charge >= 0.3 is 0 Å². The minimum absolute atomic E-state index is 0.148. The number of pyridine rings is 1. The molecule has 2 aliphatic carbocycles. The summed E-state index contributed by atoms with van der Waals surface area (Å²) < 4.78 is 10.2. The Kier molecular flexibility index (Phi) is 10.5. The number of nitrogens with one attached hydrogen (secondary N) is 1. The largest absolute Gasteiger partial charge is 0.376 e. The second kappa shape index (κ2) is 15.5. The van der Waals surface area contributed by atoms with Gasteiger partial charge in [0.05, 0.1) is 36.1 Å². The fourth-order valence-electron chi connectivity index (χ4n) is 11.6. The van der Waals surface area contributed by atoms with Gasteiger partial charge in [0.1, 0.15) is 18.1 Å². The first-order valence-corrected chi connectivity index (χ1v) is 22.5. The fourth-order valence-corrected chi connectivity index (χ4v) is 12.5. The van der Waals surface area contributed by atoms with Crippen molar-refractivity contribution in [1.29, 1.82) is 0 Å². The predicted octanol–water partition coefficient (Wildman–Crippen LogP) is 8.15. The first-order valence-electron chi connectivity index (χ1n) is 21.7. The highest BCUT2D eigenvalue weighted by atomic mass is 32.1. The van der Waals surface area contributed by atoms with Crippen molar-refractivity contribution in [1.82, 2.24) is 29.9 Å². The Morgan fingerprint density at radius 3 is 2.61 bits per heavy atom. The van der Waals surface area contributed by atoms with Crippen LogP contribution < -0.4 is 21.8 Å². The molecule has 3 fully saturated rings. The molecule has 0 spiro atoms. The zero-order chi connectivity index (χ0) is 41.0. The Morgan fingerprint density at radius 1 is 0.966 bits per heavy atom. The number of amides is 1. The van der Waals surface area contributed by atoms with E-state index in [9.17, 15) is 4.79 Å². The van der Waals surface area contributed by atoms with E-state index in [2.05, 4.69) is 53.8 Å². The van der Waals surface area contributed by atoms with Crippen LogP contribution in [0.25, 0.3) is 21.3 Å². The molecule has 4 aliphatic rings. The van der Waals surface area contributed by atoms with E-state index in [1.807, 2.05) is 36.5 Å². The molecule has 312 valence electrons. The van der Waals surface area contributed by atoms with Gasteiger partial charge in [0.15, 0.2) is 16.8 Å². The predicted molar refractivity (Wildman–Crippen MR) is 234 cm³/mol. The molecule has 3 unspecified atom stereocenters. The van der Waals surface area contributed by atoms with Crippen molar-refractivity contribution in [2.75, 3.05) is 49.6 Å². The molecule has 1 amide bonds. The van der Waals surface area contributed by atoms with Gasteiger partial charge in [-0.15, -0.1) is 10.2 Å². The van der Waals surface area contributed by atoms with E-state index < -0.39 is 5.91 Å². The molecule has 5 aromatic rings. The van der Waals surface area contributed by atoms with Crippen molar-refractivity contribution in [3.8, 4) is 11.1 Å². The van der Waals surface area contributed by atoms with E-state index in [0.29, 0.717) is 33.8 Å². The van der Waals surface area contributed by atoms with Crippen LogP contribution >= 0.6 is 11.3 Å². The standard InChI is InChI=1S/C45H59N11O2S/c1-30-32-11-9-19-54(41(32)53-52-40(30)51-42-49-35-12-5-6-13-36(35)59-42)37-15-14-33(38(50-37)39(46)57)34-25-48-55(31(34)2)29-45-17-10-16-43(3,27-45)26-44(4,28-45)18-23-58-24-22-56(47)20-7-8-21-56/h5-6,12-15,25H,7-11,16-24,26-29,47H2,1-4H3,(H2-,46,49,51,52,57)/p+1. The Balaban J connectivity index is 0.924. The van der Waals surface area contributed by atoms with E-state index >= 15 is 0 Å². The quantitative estimate of drug-likeness (QED) is 0.0601. The van der Waals surface area contributed by atoms with Gasteiger partial charge in [-0.1, -0.05) is 43.7 Å². The molecule has 9 rings (SSSR count). The summed E-state index contributed by atoms with van der Waals surface area (Å²) in [5, 5.41) is 18.5. The number of nitrogens with zero attached hydrogens (tertiary/aromatic N) is 8. The lowest BCUT2D eigenvalue weighted by Crippen LogP contribution is -2.53. The number of quaternary nitrogens is 1. The Hall–Kier alpha value is -4.50. The van der Waals surface area contributed by atoms with Gasteiger partial charge in [-0.2, -0.15) is 10.9 Å². The van der Waals surface area contributed by atoms with Crippen LogP contribution in [0.5, 0.6) is 0 Å². The molecule has 2 bridgehead atoms. The molecule has 2 aliphatic heterocycles. The molecule has 3 atom stereocenters. The van der Waals surface area contributed by atoms with Gasteiger partial charge in [0, 0.05) is 60.5 Å². The fraction of sp³-hybridized carbons (Fsp3) is 0.556. The van der Waals surface area contributed by atoms with Gasteiger partial charge in [0.25, 0.3) is 5.91 Å². The summed E-state index contributed by atoms with van der Waals surface area (Å²) in [5.74, 6) is 8.05. The number of hydrogen-bond donors (Lipinski definition) is 3. The highest BCUT2D eigenvalue weighted by Gasteiger charge is 2.53. The zero-order valence-electron chi connectivity index (χ0n) is 35.2. The third-order valence-electron chi connectivity index (χ3n) is 14.1. The van der Waals surface area contributed by atoms with Crippen molar-refractivity contribution < 1.29 is 14.1 Å². The van der Waals surface area contributed by atoms with E-state index in [-0.39, 0.29) is 16.5 Å². The number of primary amides is 1. The number of thiazole rings is 1. The smallest absolute Gasteiger partial charge is 0.268 e. The van der Waals surface area contributed by atoms with Gasteiger partial charge in [0.2, 0.25) is 0 Å². The number of carbonyl (C=O) groups excluding carboxylic acids is 1. The van der Waals surface area contributed by atoms with Crippen LogP contribution in [0.2, 0.25) is 0 Å². The van der Waals surface area contributed by atoms with Crippen LogP contribution in [0.1, 0.15) is 105 Å². The summed E-state index contributed by atoms with van der Waals surface area (Å²) in [4.78, 5) is 24.9. The second-order valence-electron chi connectivity index (χ2n) is 19.0. The second-order valence-corrected chi connectivity index (χ2v) is 20.1. The normalized spacial score (nSPS) is 25.0. The Labute approximate surface area is 351 Å². The highest BCUT2D eigenvalue weighted by molar-refractivity contribution is 7.22. The number of carbonyl (C=O) groups is 1. The van der Waals surface area contributed by atoms with Crippen molar-refractivity contribution in [3.63, 3.8) is 0 Å². The molecule has 14 heteroatoms. The number of aromatic nitrogens is 6. The third kappa shape index (κ3) is 7.96. The highest BCUT2D eigenvalue weighted by Crippen LogP contribution is 2.62. The number of benzene rings is 1. The average molecular weight is 819 g/mol. The number of nitrogens with two attached hydrogens (primary N) is 2. The number of hydrogen-bond acceptors (Lipinski definition) is 11. The van der Waals surface area contributed by atoms with Crippen molar-refractivity contribution >= 4 is 50.0 Å². The molecule has 0 radical (unpaired) electrons. The van der Waals surface area contributed by atoms with Crippen LogP contribution in [0, 0.1) is 30.1 Å². The topological polar surface area (TPSA) is 163 Å². The molecule has 13 nitrogen and oxygen atoms in total. The van der Waals surface area contributed by atoms with Crippen LogP contribution in [-0.4, -0.2) is 79.8 Å². The number of para-hydroxylation sites is 1. The minimum atomic E-state index is -0.570. The first-order chi connectivity index (χ1) is 28.3. The third-order valence-corrected chi connectivity index (χ3v) is 15.1. The molecule has 1 saturated heterocycles. The molecule has 59 heavy (non-hydrogen) atoms. The lowest BCUT2D eigenvalue weighted by molar-refractivity contribution is -0.928. The van der Waals surface area contributed by atoms with Gasteiger partial charge in [-0.25, -0.2) is 14.6 Å². The summed E-state index contributed by atoms with van der Waals surface area (Å²) in [6, 6.07) is 12.0. The monoisotopic (exact) mass is 818 g/mol. The van der Waals surface area contributed by atoms with E-state index in [4.69, 9.17) is 36.5 Å². The minimum Gasteiger partial charge on any atom is -0.376 e. The summed E-state index contributed by atoms with van der Waals surface area (Å²) >= 11 is 1.59. The van der Waals surface area contributed by atoms with Crippen LogP contribution in [0.4, 0.5) is 22.6 Å². The number of anilines is 4. The number of likely N-dealkylation sites (tertiary alicyclic amines) is 1. The molecule has 4 aromatic heterocycles. The first kappa shape index (κ1) is 39.9. The molecular formula is C45H60N11O2S+. The summed E-state index contributed by atoms with van der Waals surface area (Å²) in [6.45, 7) is 15.3.